The lowest BCUT2D eigenvalue weighted by atomic mass is 9.95. The van der Waals surface area contributed by atoms with Crippen molar-refractivity contribution in [2.45, 2.75) is 58.2 Å². The van der Waals surface area contributed by atoms with Gasteiger partial charge in [0.15, 0.2) is 11.5 Å². The molecule has 0 radical (unpaired) electrons. The van der Waals surface area contributed by atoms with Crippen LogP contribution in [0.2, 0.25) is 0 Å². The highest BCUT2D eigenvalue weighted by atomic mass is 32.2. The predicted molar refractivity (Wildman–Crippen MR) is 192 cm³/mol. The highest BCUT2D eigenvalue weighted by Crippen LogP contribution is 2.50. The number of carbonyl (C=O) groups is 2. The van der Waals surface area contributed by atoms with E-state index in [1.807, 2.05) is 42.7 Å². The summed E-state index contributed by atoms with van der Waals surface area (Å²) in [7, 11) is 6.30. The zero-order valence-electron chi connectivity index (χ0n) is 29.0. The fourth-order valence-electron chi connectivity index (χ4n) is 6.22. The molecule has 3 atom stereocenters. The second kappa shape index (κ2) is 16.6. The van der Waals surface area contributed by atoms with Gasteiger partial charge in [-0.25, -0.2) is 0 Å². The molecule has 3 N–H and O–H groups in total. The maximum Gasteiger partial charge on any atom is 0.243 e. The Morgan fingerprint density at radius 3 is 2.23 bits per heavy atom. The third kappa shape index (κ3) is 8.18. The van der Waals surface area contributed by atoms with Crippen molar-refractivity contribution in [2.24, 2.45) is 5.92 Å². The smallest absolute Gasteiger partial charge is 0.243 e. The van der Waals surface area contributed by atoms with Crippen molar-refractivity contribution in [3.8, 4) is 34.1 Å². The average molecular weight is 678 g/mol. The standard InChI is InChI=1S/C37H47N3O7S/c1-21(2)34(23-9-12-25(44-4)13-10-23)40-37(43)30(17-18-48-8)39-29-16-14-26-27(20-31(29)42)28(38-22(3)41)15-11-24-19-32(45-5)35(46-6)36(47-7)33(24)26/h9-10,12-14,16,19-21,28,30,34H,11,15,17-18H2,1-8H3,(H,38,41)(H,39,42)(H,40,43)/t28-,30-,34-/m0/s1. The number of hydrogen-bond donors (Lipinski definition) is 3. The van der Waals surface area contributed by atoms with E-state index in [1.165, 1.54) is 6.92 Å². The fraction of sp³-hybridized carbons (Fsp3) is 0.432. The molecule has 3 aromatic rings. The molecule has 0 fully saturated rings. The number of rotatable bonds is 14. The van der Waals surface area contributed by atoms with Crippen molar-refractivity contribution in [2.75, 3.05) is 45.8 Å². The topological polar surface area (TPSA) is 124 Å². The van der Waals surface area contributed by atoms with Crippen molar-refractivity contribution in [1.29, 1.82) is 0 Å². The van der Waals surface area contributed by atoms with Crippen LogP contribution >= 0.6 is 11.8 Å². The van der Waals surface area contributed by atoms with Gasteiger partial charge >= 0.3 is 0 Å². The minimum atomic E-state index is -0.677. The summed E-state index contributed by atoms with van der Waals surface area (Å²) in [4.78, 5) is 40.2. The zero-order valence-corrected chi connectivity index (χ0v) is 29.8. The van der Waals surface area contributed by atoms with Gasteiger partial charge in [0.05, 0.1) is 46.2 Å². The summed E-state index contributed by atoms with van der Waals surface area (Å²) in [5.41, 5.74) is 4.00. The van der Waals surface area contributed by atoms with Gasteiger partial charge in [0.2, 0.25) is 23.0 Å². The molecule has 0 unspecified atom stereocenters. The van der Waals surface area contributed by atoms with E-state index in [2.05, 4.69) is 29.8 Å². The molecule has 0 heterocycles. The van der Waals surface area contributed by atoms with E-state index in [4.69, 9.17) is 18.9 Å². The average Bonchev–Trinajstić information content (AvgIpc) is 3.32. The molecular formula is C37H47N3O7S. The van der Waals surface area contributed by atoms with E-state index in [9.17, 15) is 14.4 Å². The van der Waals surface area contributed by atoms with Crippen LogP contribution in [0.15, 0.2) is 53.3 Å². The molecule has 11 heteroatoms. The summed E-state index contributed by atoms with van der Waals surface area (Å²) >= 11 is 1.63. The lowest BCUT2D eigenvalue weighted by molar-refractivity contribution is -0.123. The summed E-state index contributed by atoms with van der Waals surface area (Å²) in [6, 6.07) is 13.3. The minimum Gasteiger partial charge on any atom is -0.497 e. The number of hydrogen-bond acceptors (Lipinski definition) is 9. The minimum absolute atomic E-state index is 0.111. The Hall–Kier alpha value is -4.38. The van der Waals surface area contributed by atoms with Crippen molar-refractivity contribution in [1.82, 2.24) is 10.6 Å². The number of fused-ring (bicyclic) bond motifs is 3. The number of nitrogens with one attached hydrogen (secondary N) is 3. The van der Waals surface area contributed by atoms with Crippen molar-refractivity contribution in [3.05, 3.63) is 75.4 Å². The number of aryl methyl sites for hydroxylation is 1. The molecule has 0 spiro atoms. The molecule has 48 heavy (non-hydrogen) atoms. The first-order valence-corrected chi connectivity index (χ1v) is 17.4. The quantitative estimate of drug-likeness (QED) is 0.191. The largest absolute Gasteiger partial charge is 0.497 e. The van der Waals surface area contributed by atoms with E-state index < -0.39 is 12.1 Å². The third-order valence-electron chi connectivity index (χ3n) is 8.61. The molecule has 10 nitrogen and oxygen atoms in total. The molecule has 0 aliphatic heterocycles. The monoisotopic (exact) mass is 677 g/mol. The lowest BCUT2D eigenvalue weighted by Crippen LogP contribution is -2.43. The summed E-state index contributed by atoms with van der Waals surface area (Å²) in [6.07, 6.45) is 3.63. The van der Waals surface area contributed by atoms with E-state index in [0.29, 0.717) is 53.4 Å². The van der Waals surface area contributed by atoms with Gasteiger partial charge in [0.1, 0.15) is 11.8 Å². The molecule has 258 valence electrons. The van der Waals surface area contributed by atoms with Gasteiger partial charge in [-0.05, 0) is 89.8 Å². The van der Waals surface area contributed by atoms with Crippen molar-refractivity contribution >= 4 is 29.3 Å². The molecular weight excluding hydrogens is 630 g/mol. The fourth-order valence-corrected chi connectivity index (χ4v) is 6.69. The summed E-state index contributed by atoms with van der Waals surface area (Å²) < 4.78 is 22.5. The molecule has 0 saturated carbocycles. The molecule has 0 bridgehead atoms. The lowest BCUT2D eigenvalue weighted by Gasteiger charge is -2.26. The van der Waals surface area contributed by atoms with Gasteiger partial charge in [0.25, 0.3) is 0 Å². The van der Waals surface area contributed by atoms with Crippen LogP contribution in [-0.4, -0.2) is 58.3 Å². The van der Waals surface area contributed by atoms with Gasteiger partial charge in [0, 0.05) is 12.5 Å². The Bertz CT molecular complexity index is 1660. The number of thioether (sulfide) groups is 1. The van der Waals surface area contributed by atoms with Crippen LogP contribution in [0.4, 0.5) is 5.69 Å². The Balaban J connectivity index is 1.79. The van der Waals surface area contributed by atoms with Crippen molar-refractivity contribution in [3.63, 3.8) is 0 Å². The Kier molecular flexibility index (Phi) is 12.6. The van der Waals surface area contributed by atoms with E-state index >= 15 is 0 Å². The first-order valence-electron chi connectivity index (χ1n) is 16.0. The van der Waals surface area contributed by atoms with Crippen LogP contribution in [-0.2, 0) is 16.0 Å². The predicted octanol–water partition coefficient (Wildman–Crippen LogP) is 5.92. The number of carbonyl (C=O) groups excluding carboxylic acids is 2. The first-order chi connectivity index (χ1) is 23.1. The molecule has 3 aromatic carbocycles. The number of methoxy groups -OCH3 is 4. The van der Waals surface area contributed by atoms with Crippen LogP contribution in [0.1, 0.15) is 62.4 Å². The molecule has 0 aromatic heterocycles. The van der Waals surface area contributed by atoms with Gasteiger partial charge < -0.3 is 34.9 Å². The summed E-state index contributed by atoms with van der Waals surface area (Å²) in [5, 5.41) is 9.54. The maximum absolute atomic E-state index is 14.0. The second-order valence-corrected chi connectivity index (χ2v) is 13.1. The molecule has 0 saturated heterocycles. The van der Waals surface area contributed by atoms with Gasteiger partial charge in [-0.2, -0.15) is 11.8 Å². The number of benzene rings is 2. The van der Waals surface area contributed by atoms with E-state index in [-0.39, 0.29) is 34.9 Å². The Morgan fingerprint density at radius 2 is 1.65 bits per heavy atom. The van der Waals surface area contributed by atoms with Crippen molar-refractivity contribution < 1.29 is 28.5 Å². The van der Waals surface area contributed by atoms with Crippen LogP contribution in [0.25, 0.3) is 11.1 Å². The molecule has 4 rings (SSSR count). The van der Waals surface area contributed by atoms with Crippen LogP contribution < -0.4 is 40.3 Å². The van der Waals surface area contributed by atoms with Gasteiger partial charge in [-0.3, -0.25) is 14.4 Å². The molecule has 1 aliphatic rings. The highest BCUT2D eigenvalue weighted by molar-refractivity contribution is 7.98. The van der Waals surface area contributed by atoms with Crippen LogP contribution in [0, 0.1) is 5.92 Å². The second-order valence-electron chi connectivity index (χ2n) is 12.1. The maximum atomic E-state index is 14.0. The first kappa shape index (κ1) is 36.5. The summed E-state index contributed by atoms with van der Waals surface area (Å²) in [6.45, 7) is 5.58. The number of amides is 2. The highest BCUT2D eigenvalue weighted by Gasteiger charge is 2.30. The van der Waals surface area contributed by atoms with Crippen LogP contribution in [0.5, 0.6) is 23.0 Å². The van der Waals surface area contributed by atoms with Crippen LogP contribution in [0.3, 0.4) is 0 Å². The molecule has 2 amide bonds. The van der Waals surface area contributed by atoms with Gasteiger partial charge in [-0.1, -0.05) is 32.0 Å². The van der Waals surface area contributed by atoms with E-state index in [1.54, 1.807) is 52.3 Å². The Labute approximate surface area is 287 Å². The number of ether oxygens (including phenoxy) is 4. The molecule has 1 aliphatic carbocycles. The SMILES string of the molecule is COc1ccc([C@@H](NC(=O)[C@H](CCSC)Nc2ccc3c(cc2=O)[C@@H](NC(C)=O)CCc2cc(OC)c(OC)c(OC)c2-3)C(C)C)cc1. The summed E-state index contributed by atoms with van der Waals surface area (Å²) in [5.74, 6) is 2.58. The zero-order chi connectivity index (χ0) is 35.0. The normalized spacial score (nSPS) is 14.8. The van der Waals surface area contributed by atoms with E-state index in [0.717, 1.165) is 22.4 Å². The Morgan fingerprint density at radius 1 is 0.938 bits per heavy atom. The third-order valence-corrected chi connectivity index (χ3v) is 9.26. The number of anilines is 1. The van der Waals surface area contributed by atoms with Gasteiger partial charge in [-0.15, -0.1) is 0 Å².